The zero-order valence-corrected chi connectivity index (χ0v) is 9.82. The first-order chi connectivity index (χ1) is 7.50. The molecular weight excluding hydrogens is 202 g/mol. The Morgan fingerprint density at radius 3 is 2.38 bits per heavy atom. The molecule has 3 N–H and O–H groups in total. The molecule has 1 rings (SSSR count). The van der Waals surface area contributed by atoms with Gasteiger partial charge < -0.3 is 5.73 Å². The number of anilines is 1. The first kappa shape index (κ1) is 12.2. The average Bonchev–Trinajstić information content (AvgIpc) is 2.26. The summed E-state index contributed by atoms with van der Waals surface area (Å²) in [4.78, 5) is 11.3. The molecule has 0 heterocycles. The highest BCUT2D eigenvalue weighted by atomic mass is 16.2. The van der Waals surface area contributed by atoms with Crippen LogP contribution in [0.3, 0.4) is 0 Å². The summed E-state index contributed by atoms with van der Waals surface area (Å²) in [5.41, 5.74) is 10.5. The highest BCUT2D eigenvalue weighted by Crippen LogP contribution is 2.06. The van der Waals surface area contributed by atoms with Gasteiger partial charge in [0.2, 0.25) is 5.91 Å². The molecule has 4 heteroatoms. The number of nitrogens with one attached hydrogen (secondary N) is 1. The van der Waals surface area contributed by atoms with E-state index in [0.29, 0.717) is 5.69 Å². The molecule has 1 amide bonds. The Kier molecular flexibility index (Phi) is 4.05. The molecule has 4 nitrogen and oxygen atoms in total. The van der Waals surface area contributed by atoms with Crippen molar-refractivity contribution >= 4 is 17.3 Å². The third-order valence-electron chi connectivity index (χ3n) is 2.19. The SMILES string of the molecule is C/C(=N\NC(=O)C(C)C)c1ccc(N)cc1. The van der Waals surface area contributed by atoms with Crippen molar-refractivity contribution < 1.29 is 4.79 Å². The normalized spacial score (nSPS) is 11.6. The molecule has 86 valence electrons. The molecule has 0 atom stereocenters. The van der Waals surface area contributed by atoms with Gasteiger partial charge in [0.05, 0.1) is 5.71 Å². The summed E-state index contributed by atoms with van der Waals surface area (Å²) < 4.78 is 0. The van der Waals surface area contributed by atoms with Crippen LogP contribution in [0.4, 0.5) is 5.69 Å². The van der Waals surface area contributed by atoms with Crippen LogP contribution in [0.5, 0.6) is 0 Å². The number of rotatable bonds is 3. The van der Waals surface area contributed by atoms with Gasteiger partial charge in [-0.15, -0.1) is 0 Å². The predicted molar refractivity (Wildman–Crippen MR) is 66.0 cm³/mol. The zero-order valence-electron chi connectivity index (χ0n) is 9.82. The van der Waals surface area contributed by atoms with Crippen LogP contribution < -0.4 is 11.2 Å². The first-order valence-corrected chi connectivity index (χ1v) is 5.20. The van der Waals surface area contributed by atoms with Crippen molar-refractivity contribution in [1.82, 2.24) is 5.43 Å². The Balaban J connectivity index is 2.70. The van der Waals surface area contributed by atoms with Gasteiger partial charge in [0.15, 0.2) is 0 Å². The second kappa shape index (κ2) is 5.30. The molecule has 0 bridgehead atoms. The van der Waals surface area contributed by atoms with Gasteiger partial charge in [-0.25, -0.2) is 5.43 Å². The molecule has 0 aliphatic rings. The lowest BCUT2D eigenvalue weighted by Gasteiger charge is -2.04. The fourth-order valence-corrected chi connectivity index (χ4v) is 1.06. The molecule has 0 radical (unpaired) electrons. The predicted octanol–water partition coefficient (Wildman–Crippen LogP) is 1.77. The van der Waals surface area contributed by atoms with E-state index in [1.54, 1.807) is 12.1 Å². The van der Waals surface area contributed by atoms with E-state index in [9.17, 15) is 4.79 Å². The van der Waals surface area contributed by atoms with Crippen LogP contribution in [0.2, 0.25) is 0 Å². The lowest BCUT2D eigenvalue weighted by Crippen LogP contribution is -2.24. The van der Waals surface area contributed by atoms with Crippen LogP contribution in [0, 0.1) is 5.92 Å². The number of hydrogen-bond acceptors (Lipinski definition) is 3. The van der Waals surface area contributed by atoms with Crippen LogP contribution >= 0.6 is 0 Å². The molecule has 0 aliphatic carbocycles. The van der Waals surface area contributed by atoms with E-state index in [1.807, 2.05) is 32.9 Å². The fourth-order valence-electron chi connectivity index (χ4n) is 1.06. The van der Waals surface area contributed by atoms with Gasteiger partial charge >= 0.3 is 0 Å². The zero-order chi connectivity index (χ0) is 12.1. The van der Waals surface area contributed by atoms with E-state index in [0.717, 1.165) is 11.3 Å². The smallest absolute Gasteiger partial charge is 0.242 e. The number of benzene rings is 1. The lowest BCUT2D eigenvalue weighted by atomic mass is 10.1. The maximum atomic E-state index is 11.3. The number of amides is 1. The summed E-state index contributed by atoms with van der Waals surface area (Å²) >= 11 is 0. The number of nitrogens with two attached hydrogens (primary N) is 1. The van der Waals surface area contributed by atoms with Gasteiger partial charge in [-0.1, -0.05) is 26.0 Å². The minimum absolute atomic E-state index is 0.0667. The Morgan fingerprint density at radius 1 is 1.31 bits per heavy atom. The van der Waals surface area contributed by atoms with E-state index in [4.69, 9.17) is 5.73 Å². The maximum absolute atomic E-state index is 11.3. The summed E-state index contributed by atoms with van der Waals surface area (Å²) in [7, 11) is 0. The largest absolute Gasteiger partial charge is 0.399 e. The van der Waals surface area contributed by atoms with Gasteiger partial charge in [0.25, 0.3) is 0 Å². The summed E-state index contributed by atoms with van der Waals surface area (Å²) in [6.45, 7) is 5.49. The molecule has 0 saturated heterocycles. The van der Waals surface area contributed by atoms with Crippen LogP contribution in [0.25, 0.3) is 0 Å². The molecule has 0 fully saturated rings. The minimum atomic E-state index is -0.0882. The van der Waals surface area contributed by atoms with E-state index in [2.05, 4.69) is 10.5 Å². The third kappa shape index (κ3) is 3.38. The van der Waals surface area contributed by atoms with Crippen molar-refractivity contribution in [1.29, 1.82) is 0 Å². The van der Waals surface area contributed by atoms with Crippen molar-refractivity contribution in [3.05, 3.63) is 29.8 Å². The van der Waals surface area contributed by atoms with Crippen LogP contribution in [0.1, 0.15) is 26.3 Å². The van der Waals surface area contributed by atoms with Gasteiger partial charge in [-0.2, -0.15) is 5.10 Å². The number of hydrogen-bond donors (Lipinski definition) is 2. The van der Waals surface area contributed by atoms with Crippen molar-refractivity contribution in [2.24, 2.45) is 11.0 Å². The van der Waals surface area contributed by atoms with E-state index in [1.165, 1.54) is 0 Å². The second-order valence-corrected chi connectivity index (χ2v) is 3.95. The molecule has 1 aromatic rings. The number of nitrogen functional groups attached to an aromatic ring is 1. The summed E-state index contributed by atoms with van der Waals surface area (Å²) in [5, 5.41) is 4.02. The van der Waals surface area contributed by atoms with Gasteiger partial charge in [0.1, 0.15) is 0 Å². The highest BCUT2D eigenvalue weighted by molar-refractivity contribution is 5.99. The van der Waals surface area contributed by atoms with Crippen LogP contribution in [-0.4, -0.2) is 11.6 Å². The Labute approximate surface area is 95.5 Å². The third-order valence-corrected chi connectivity index (χ3v) is 2.19. The Bertz CT molecular complexity index is 393. The first-order valence-electron chi connectivity index (χ1n) is 5.20. The lowest BCUT2D eigenvalue weighted by molar-refractivity contribution is -0.123. The summed E-state index contributed by atoms with van der Waals surface area (Å²) in [6.07, 6.45) is 0. The average molecular weight is 219 g/mol. The van der Waals surface area contributed by atoms with Crippen molar-refractivity contribution in [3.8, 4) is 0 Å². The topological polar surface area (TPSA) is 67.5 Å². The van der Waals surface area contributed by atoms with E-state index < -0.39 is 0 Å². The fraction of sp³-hybridized carbons (Fsp3) is 0.333. The summed E-state index contributed by atoms with van der Waals surface area (Å²) in [6, 6.07) is 7.35. The molecule has 0 unspecified atom stereocenters. The Hall–Kier alpha value is -1.84. The van der Waals surface area contributed by atoms with Crippen molar-refractivity contribution in [2.45, 2.75) is 20.8 Å². The number of carbonyl (C=O) groups is 1. The molecular formula is C12H17N3O. The number of carbonyl (C=O) groups excluding carboxylic acids is 1. The second-order valence-electron chi connectivity index (χ2n) is 3.95. The molecule has 0 spiro atoms. The van der Waals surface area contributed by atoms with Crippen molar-refractivity contribution in [2.75, 3.05) is 5.73 Å². The molecule has 16 heavy (non-hydrogen) atoms. The van der Waals surface area contributed by atoms with Crippen LogP contribution in [0.15, 0.2) is 29.4 Å². The maximum Gasteiger partial charge on any atom is 0.242 e. The quantitative estimate of drug-likeness (QED) is 0.462. The van der Waals surface area contributed by atoms with Gasteiger partial charge in [-0.3, -0.25) is 4.79 Å². The highest BCUT2D eigenvalue weighted by Gasteiger charge is 2.05. The number of nitrogens with zero attached hydrogens (tertiary/aromatic N) is 1. The van der Waals surface area contributed by atoms with Crippen molar-refractivity contribution in [3.63, 3.8) is 0 Å². The molecule has 0 aromatic heterocycles. The molecule has 0 saturated carbocycles. The number of hydrazone groups is 1. The Morgan fingerprint density at radius 2 is 1.88 bits per heavy atom. The van der Waals surface area contributed by atoms with Gasteiger partial charge in [0, 0.05) is 11.6 Å². The van der Waals surface area contributed by atoms with E-state index in [-0.39, 0.29) is 11.8 Å². The molecule has 0 aliphatic heterocycles. The van der Waals surface area contributed by atoms with E-state index >= 15 is 0 Å². The standard InChI is InChI=1S/C12H17N3O/c1-8(2)12(16)15-14-9(3)10-4-6-11(13)7-5-10/h4-8H,13H2,1-3H3,(H,15,16)/b14-9+. The summed E-state index contributed by atoms with van der Waals surface area (Å²) in [5.74, 6) is -0.155. The monoisotopic (exact) mass is 219 g/mol. The van der Waals surface area contributed by atoms with Crippen LogP contribution in [-0.2, 0) is 4.79 Å². The van der Waals surface area contributed by atoms with Gasteiger partial charge in [-0.05, 0) is 24.6 Å². The molecule has 1 aromatic carbocycles. The minimum Gasteiger partial charge on any atom is -0.399 e.